The normalized spacial score (nSPS) is 11.3. The van der Waals surface area contributed by atoms with E-state index in [0.717, 1.165) is 0 Å². The molecule has 0 saturated heterocycles. The number of aromatic amines is 1. The third kappa shape index (κ3) is 2.57. The summed E-state index contributed by atoms with van der Waals surface area (Å²) < 4.78 is 35.4. The van der Waals surface area contributed by atoms with Crippen molar-refractivity contribution in [1.82, 2.24) is 10.2 Å². The number of H-pyrrole nitrogens is 1. The van der Waals surface area contributed by atoms with Gasteiger partial charge in [-0.2, -0.15) is 5.10 Å². The van der Waals surface area contributed by atoms with Gasteiger partial charge in [0, 0.05) is 0 Å². The Balaban J connectivity index is 2.64. The van der Waals surface area contributed by atoms with Crippen LogP contribution in [-0.2, 0) is 14.6 Å². The summed E-state index contributed by atoms with van der Waals surface area (Å²) >= 11 is 0. The molecule has 22 heavy (non-hydrogen) atoms. The van der Waals surface area contributed by atoms with Gasteiger partial charge in [0.1, 0.15) is 15.5 Å². The van der Waals surface area contributed by atoms with E-state index in [1.54, 1.807) is 13.8 Å². The zero-order chi connectivity index (χ0) is 16.5. The first-order chi connectivity index (χ1) is 10.3. The Hall–Kier alpha value is -2.35. The number of aromatic nitrogens is 2. The molecular formula is C14H16N2O5S. The lowest BCUT2D eigenvalue weighted by atomic mass is 10.2. The summed E-state index contributed by atoms with van der Waals surface area (Å²) in [5.41, 5.74) is 1.02. The maximum atomic E-state index is 12.8. The summed E-state index contributed by atoms with van der Waals surface area (Å²) in [5.74, 6) is -0.499. The van der Waals surface area contributed by atoms with E-state index in [1.165, 1.54) is 32.4 Å². The Morgan fingerprint density at radius 1 is 1.23 bits per heavy atom. The Morgan fingerprint density at radius 3 is 2.41 bits per heavy atom. The largest absolute Gasteiger partial charge is 0.495 e. The number of benzene rings is 1. The third-order valence-corrected chi connectivity index (χ3v) is 5.26. The lowest BCUT2D eigenvalue weighted by Gasteiger charge is -2.11. The van der Waals surface area contributed by atoms with Crippen LogP contribution in [0.15, 0.2) is 28.0 Å². The second-order valence-corrected chi connectivity index (χ2v) is 6.48. The quantitative estimate of drug-likeness (QED) is 0.859. The molecule has 0 fully saturated rings. The zero-order valence-electron chi connectivity index (χ0n) is 12.6. The summed E-state index contributed by atoms with van der Waals surface area (Å²) in [7, 11) is -1.23. The fraction of sp³-hybridized carbons (Fsp3) is 0.286. The Morgan fingerprint density at radius 2 is 1.91 bits per heavy atom. The summed E-state index contributed by atoms with van der Waals surface area (Å²) in [6.07, 6.45) is 0. The van der Waals surface area contributed by atoms with E-state index in [9.17, 15) is 13.2 Å². The number of esters is 1. The number of hydrogen-bond donors (Lipinski definition) is 1. The molecule has 0 bridgehead atoms. The number of aryl methyl sites for hydroxylation is 2. The molecular weight excluding hydrogens is 308 g/mol. The number of hydrogen-bond acceptors (Lipinski definition) is 6. The minimum absolute atomic E-state index is 0.0322. The van der Waals surface area contributed by atoms with Crippen LogP contribution in [0, 0.1) is 13.8 Å². The van der Waals surface area contributed by atoms with Gasteiger partial charge in [-0.25, -0.2) is 13.2 Å². The number of sulfone groups is 1. The van der Waals surface area contributed by atoms with Crippen molar-refractivity contribution < 1.29 is 22.7 Å². The molecule has 8 heteroatoms. The minimum atomic E-state index is -3.82. The van der Waals surface area contributed by atoms with Gasteiger partial charge in [0.25, 0.3) is 0 Å². The van der Waals surface area contributed by atoms with E-state index in [-0.39, 0.29) is 21.1 Å². The van der Waals surface area contributed by atoms with Crippen LogP contribution in [0.25, 0.3) is 0 Å². The first kappa shape index (κ1) is 16.0. The van der Waals surface area contributed by atoms with E-state index < -0.39 is 15.8 Å². The van der Waals surface area contributed by atoms with Crippen LogP contribution in [0.5, 0.6) is 5.75 Å². The first-order valence-electron chi connectivity index (χ1n) is 6.36. The number of nitrogens with one attached hydrogen (secondary N) is 1. The molecule has 118 valence electrons. The summed E-state index contributed by atoms with van der Waals surface area (Å²) in [5, 5.41) is 6.55. The van der Waals surface area contributed by atoms with Gasteiger partial charge in [0.05, 0.1) is 31.2 Å². The van der Waals surface area contributed by atoms with E-state index in [2.05, 4.69) is 14.9 Å². The Kier molecular flexibility index (Phi) is 4.23. The van der Waals surface area contributed by atoms with Crippen molar-refractivity contribution in [3.05, 3.63) is 35.2 Å². The van der Waals surface area contributed by atoms with E-state index in [1.807, 2.05) is 0 Å². The van der Waals surface area contributed by atoms with Crippen molar-refractivity contribution in [2.75, 3.05) is 14.2 Å². The standard InChI is InChI=1S/C14H16N2O5S/c1-8-13(9(2)16-15-8)22(18,19)12-6-5-10(14(17)21-4)7-11(12)20-3/h5-7H,1-4H3,(H,15,16). The highest BCUT2D eigenvalue weighted by Crippen LogP contribution is 2.32. The van der Waals surface area contributed by atoms with Gasteiger partial charge in [0.15, 0.2) is 0 Å². The minimum Gasteiger partial charge on any atom is -0.495 e. The number of methoxy groups -OCH3 is 2. The van der Waals surface area contributed by atoms with Gasteiger partial charge in [0.2, 0.25) is 9.84 Å². The smallest absolute Gasteiger partial charge is 0.337 e. The van der Waals surface area contributed by atoms with Gasteiger partial charge < -0.3 is 9.47 Å². The number of carbonyl (C=O) groups is 1. The molecule has 0 radical (unpaired) electrons. The molecule has 1 aromatic carbocycles. The molecule has 0 aliphatic carbocycles. The second kappa shape index (κ2) is 5.80. The molecule has 2 aromatic rings. The van der Waals surface area contributed by atoms with Crippen molar-refractivity contribution >= 4 is 15.8 Å². The predicted molar refractivity (Wildman–Crippen MR) is 77.8 cm³/mol. The number of ether oxygens (including phenoxy) is 2. The van der Waals surface area contributed by atoms with Crippen molar-refractivity contribution in [1.29, 1.82) is 0 Å². The van der Waals surface area contributed by atoms with Gasteiger partial charge >= 0.3 is 5.97 Å². The Labute approximate surface area is 128 Å². The molecule has 0 amide bonds. The fourth-order valence-electron chi connectivity index (χ4n) is 2.18. The van der Waals surface area contributed by atoms with Crippen molar-refractivity contribution in [2.24, 2.45) is 0 Å². The number of carbonyl (C=O) groups excluding carboxylic acids is 1. The molecule has 1 N–H and O–H groups in total. The van der Waals surface area contributed by atoms with E-state index in [0.29, 0.717) is 11.4 Å². The number of nitrogens with zero attached hydrogens (tertiary/aromatic N) is 1. The highest BCUT2D eigenvalue weighted by molar-refractivity contribution is 7.91. The second-order valence-electron chi connectivity index (χ2n) is 4.62. The zero-order valence-corrected chi connectivity index (χ0v) is 13.4. The van der Waals surface area contributed by atoms with Gasteiger partial charge in [-0.1, -0.05) is 0 Å². The van der Waals surface area contributed by atoms with Crippen LogP contribution in [0.2, 0.25) is 0 Å². The third-order valence-electron chi connectivity index (χ3n) is 3.20. The van der Waals surface area contributed by atoms with Crippen molar-refractivity contribution in [3.63, 3.8) is 0 Å². The van der Waals surface area contributed by atoms with Crippen LogP contribution in [0.1, 0.15) is 21.7 Å². The molecule has 2 rings (SSSR count). The fourth-order valence-corrected chi connectivity index (χ4v) is 3.94. The summed E-state index contributed by atoms with van der Waals surface area (Å²) in [4.78, 5) is 11.6. The average molecular weight is 324 g/mol. The summed E-state index contributed by atoms with van der Waals surface area (Å²) in [6, 6.07) is 4.04. The van der Waals surface area contributed by atoms with E-state index in [4.69, 9.17) is 4.74 Å². The monoisotopic (exact) mass is 324 g/mol. The lowest BCUT2D eigenvalue weighted by Crippen LogP contribution is -2.08. The molecule has 7 nitrogen and oxygen atoms in total. The van der Waals surface area contributed by atoms with Crippen LogP contribution < -0.4 is 4.74 Å². The molecule has 1 aromatic heterocycles. The molecule has 0 aliphatic heterocycles. The molecule has 0 spiro atoms. The maximum Gasteiger partial charge on any atom is 0.337 e. The van der Waals surface area contributed by atoms with Gasteiger partial charge in [-0.15, -0.1) is 0 Å². The van der Waals surface area contributed by atoms with Gasteiger partial charge in [-0.3, -0.25) is 5.10 Å². The molecule has 0 saturated carbocycles. The highest BCUT2D eigenvalue weighted by Gasteiger charge is 2.28. The SMILES string of the molecule is COC(=O)c1ccc(S(=O)(=O)c2c(C)n[nH]c2C)c(OC)c1. The van der Waals surface area contributed by atoms with Crippen LogP contribution >= 0.6 is 0 Å². The van der Waals surface area contributed by atoms with Crippen LogP contribution in [-0.4, -0.2) is 38.8 Å². The topological polar surface area (TPSA) is 98.4 Å². The maximum absolute atomic E-state index is 12.8. The van der Waals surface area contributed by atoms with Gasteiger partial charge in [-0.05, 0) is 32.0 Å². The van der Waals surface area contributed by atoms with E-state index >= 15 is 0 Å². The Bertz CT molecular complexity index is 804. The average Bonchev–Trinajstić information content (AvgIpc) is 2.85. The molecule has 1 heterocycles. The first-order valence-corrected chi connectivity index (χ1v) is 7.84. The van der Waals surface area contributed by atoms with Crippen molar-refractivity contribution in [3.8, 4) is 5.75 Å². The molecule has 0 atom stereocenters. The predicted octanol–water partition coefficient (Wildman–Crippen LogP) is 1.65. The highest BCUT2D eigenvalue weighted by atomic mass is 32.2. The van der Waals surface area contributed by atoms with Crippen LogP contribution in [0.4, 0.5) is 0 Å². The molecule has 0 aliphatic rings. The lowest BCUT2D eigenvalue weighted by molar-refractivity contribution is 0.0600. The molecule has 0 unspecified atom stereocenters. The van der Waals surface area contributed by atoms with Crippen molar-refractivity contribution in [2.45, 2.75) is 23.6 Å². The number of rotatable bonds is 4. The summed E-state index contributed by atoms with van der Waals surface area (Å²) in [6.45, 7) is 3.23. The van der Waals surface area contributed by atoms with Crippen LogP contribution in [0.3, 0.4) is 0 Å².